The molecule has 1 aliphatic carbocycles. The van der Waals surface area contributed by atoms with Gasteiger partial charge in [0.2, 0.25) is 0 Å². The van der Waals surface area contributed by atoms with Gasteiger partial charge in [-0.15, -0.1) is 0 Å². The molecule has 0 saturated heterocycles. The van der Waals surface area contributed by atoms with Gasteiger partial charge >= 0.3 is 0 Å². The minimum Gasteiger partial charge on any atom is -0.328 e. The van der Waals surface area contributed by atoms with Crippen LogP contribution in [0.1, 0.15) is 64.7 Å². The van der Waals surface area contributed by atoms with E-state index in [1.807, 2.05) is 0 Å². The topological polar surface area (TPSA) is 52.0 Å². The van der Waals surface area contributed by atoms with Gasteiger partial charge in [-0.25, -0.2) is 0 Å². The zero-order chi connectivity index (χ0) is 10.4. The maximum Gasteiger partial charge on any atom is 0.0155 e. The Bertz CT molecular complexity index is 148. The van der Waals surface area contributed by atoms with E-state index in [1.165, 1.54) is 32.1 Å². The first-order chi connectivity index (χ1) is 6.66. The zero-order valence-corrected chi connectivity index (χ0v) is 9.60. The van der Waals surface area contributed by atoms with Crippen LogP contribution in [0.25, 0.3) is 0 Å². The molecule has 0 spiro atoms. The van der Waals surface area contributed by atoms with E-state index in [9.17, 15) is 0 Å². The largest absolute Gasteiger partial charge is 0.328 e. The summed E-state index contributed by atoms with van der Waals surface area (Å²) in [5.41, 5.74) is 12.4. The summed E-state index contributed by atoms with van der Waals surface area (Å²) in [5.74, 6) is 0. The van der Waals surface area contributed by atoms with E-state index in [-0.39, 0.29) is 5.54 Å². The molecule has 1 rings (SSSR count). The Hall–Kier alpha value is -0.0800. The Morgan fingerprint density at radius 1 is 1.14 bits per heavy atom. The summed E-state index contributed by atoms with van der Waals surface area (Å²) in [7, 11) is 0. The van der Waals surface area contributed by atoms with Gasteiger partial charge in [-0.3, -0.25) is 0 Å². The molecule has 0 aliphatic heterocycles. The Balaban J connectivity index is 2.15. The molecular formula is C12H26N2. The quantitative estimate of drug-likeness (QED) is 0.667. The van der Waals surface area contributed by atoms with Gasteiger partial charge in [-0.1, -0.05) is 32.6 Å². The second-order valence-corrected chi connectivity index (χ2v) is 5.01. The molecule has 2 nitrogen and oxygen atoms in total. The summed E-state index contributed by atoms with van der Waals surface area (Å²) in [4.78, 5) is 0. The van der Waals surface area contributed by atoms with Crippen LogP contribution in [-0.2, 0) is 0 Å². The van der Waals surface area contributed by atoms with Crippen LogP contribution in [0, 0.1) is 0 Å². The highest BCUT2D eigenvalue weighted by molar-refractivity contribution is 4.90. The minimum atomic E-state index is 0.129. The van der Waals surface area contributed by atoms with Gasteiger partial charge in [0, 0.05) is 11.6 Å². The van der Waals surface area contributed by atoms with Crippen LogP contribution in [-0.4, -0.2) is 11.6 Å². The monoisotopic (exact) mass is 198 g/mol. The van der Waals surface area contributed by atoms with Gasteiger partial charge in [0.25, 0.3) is 0 Å². The predicted molar refractivity (Wildman–Crippen MR) is 62.1 cm³/mol. The first-order valence-corrected chi connectivity index (χ1v) is 6.21. The second kappa shape index (κ2) is 5.72. The first-order valence-electron chi connectivity index (χ1n) is 6.21. The average molecular weight is 198 g/mol. The molecule has 0 unspecified atom stereocenters. The molecule has 2 heteroatoms. The summed E-state index contributed by atoms with van der Waals surface area (Å²) < 4.78 is 0. The van der Waals surface area contributed by atoms with Crippen molar-refractivity contribution in [2.24, 2.45) is 11.5 Å². The molecule has 0 atom stereocenters. The van der Waals surface area contributed by atoms with E-state index in [0.29, 0.717) is 6.04 Å². The lowest BCUT2D eigenvalue weighted by Gasteiger charge is -2.36. The van der Waals surface area contributed by atoms with Crippen molar-refractivity contribution in [3.8, 4) is 0 Å². The van der Waals surface area contributed by atoms with Crippen molar-refractivity contribution in [3.05, 3.63) is 0 Å². The van der Waals surface area contributed by atoms with E-state index >= 15 is 0 Å². The van der Waals surface area contributed by atoms with Gasteiger partial charge in [-0.05, 0) is 32.1 Å². The smallest absolute Gasteiger partial charge is 0.0155 e. The van der Waals surface area contributed by atoms with E-state index in [1.54, 1.807) is 0 Å². The molecule has 14 heavy (non-hydrogen) atoms. The van der Waals surface area contributed by atoms with E-state index in [0.717, 1.165) is 25.7 Å². The Labute approximate surface area is 88.4 Å². The molecule has 0 bridgehead atoms. The minimum absolute atomic E-state index is 0.129. The van der Waals surface area contributed by atoms with E-state index in [4.69, 9.17) is 11.5 Å². The molecule has 84 valence electrons. The van der Waals surface area contributed by atoms with Crippen molar-refractivity contribution in [2.75, 3.05) is 0 Å². The number of hydrogen-bond donors (Lipinski definition) is 2. The fourth-order valence-corrected chi connectivity index (χ4v) is 2.37. The third kappa shape index (κ3) is 3.97. The molecule has 1 saturated carbocycles. The molecule has 0 amide bonds. The summed E-state index contributed by atoms with van der Waals surface area (Å²) >= 11 is 0. The molecule has 1 aliphatic rings. The standard InChI is InChI=1S/C12H26N2/c1-2-3-4-5-8-12(14)9-6-11(13)7-10-12/h11H,2-10,13-14H2,1H3. The summed E-state index contributed by atoms with van der Waals surface area (Å²) in [6.45, 7) is 2.25. The maximum atomic E-state index is 6.35. The molecular weight excluding hydrogens is 172 g/mol. The molecule has 0 heterocycles. The lowest BCUT2D eigenvalue weighted by molar-refractivity contribution is 0.251. The molecule has 0 aromatic carbocycles. The normalized spacial score (nSPS) is 33.2. The summed E-state index contributed by atoms with van der Waals surface area (Å²) in [6, 6.07) is 0.419. The fraction of sp³-hybridized carbons (Fsp3) is 1.00. The van der Waals surface area contributed by atoms with Crippen molar-refractivity contribution >= 4 is 0 Å². The summed E-state index contributed by atoms with van der Waals surface area (Å²) in [6.07, 6.45) is 11.1. The Morgan fingerprint density at radius 2 is 1.79 bits per heavy atom. The number of nitrogens with two attached hydrogens (primary N) is 2. The molecule has 4 N–H and O–H groups in total. The molecule has 0 radical (unpaired) electrons. The van der Waals surface area contributed by atoms with Crippen molar-refractivity contribution in [1.29, 1.82) is 0 Å². The highest BCUT2D eigenvalue weighted by Crippen LogP contribution is 2.29. The van der Waals surface area contributed by atoms with E-state index < -0.39 is 0 Å². The Morgan fingerprint density at radius 3 is 2.36 bits per heavy atom. The Kier molecular flexibility index (Phi) is 4.90. The number of hydrogen-bond acceptors (Lipinski definition) is 2. The molecule has 1 fully saturated rings. The van der Waals surface area contributed by atoms with Crippen LogP contribution in [0.4, 0.5) is 0 Å². The summed E-state index contributed by atoms with van der Waals surface area (Å²) in [5, 5.41) is 0. The van der Waals surface area contributed by atoms with Crippen molar-refractivity contribution in [2.45, 2.75) is 76.3 Å². The van der Waals surface area contributed by atoms with Gasteiger partial charge in [0.1, 0.15) is 0 Å². The maximum absolute atomic E-state index is 6.35. The number of rotatable bonds is 5. The first kappa shape index (κ1) is 12.0. The SMILES string of the molecule is CCCCCCC1(N)CCC(N)CC1. The fourth-order valence-electron chi connectivity index (χ4n) is 2.37. The van der Waals surface area contributed by atoms with Crippen LogP contribution in [0.2, 0.25) is 0 Å². The highest BCUT2D eigenvalue weighted by atomic mass is 14.8. The van der Waals surface area contributed by atoms with Gasteiger partial charge < -0.3 is 11.5 Å². The zero-order valence-electron chi connectivity index (χ0n) is 9.60. The third-order valence-electron chi connectivity index (χ3n) is 3.55. The highest BCUT2D eigenvalue weighted by Gasteiger charge is 2.29. The van der Waals surface area contributed by atoms with Crippen molar-refractivity contribution in [1.82, 2.24) is 0 Å². The lowest BCUT2D eigenvalue weighted by Crippen LogP contribution is -2.46. The predicted octanol–water partition coefficient (Wildman–Crippen LogP) is 2.56. The van der Waals surface area contributed by atoms with Gasteiger partial charge in [0.05, 0.1) is 0 Å². The van der Waals surface area contributed by atoms with Crippen molar-refractivity contribution in [3.63, 3.8) is 0 Å². The third-order valence-corrected chi connectivity index (χ3v) is 3.55. The second-order valence-electron chi connectivity index (χ2n) is 5.01. The van der Waals surface area contributed by atoms with Gasteiger partial charge in [-0.2, -0.15) is 0 Å². The molecule has 0 aromatic heterocycles. The lowest BCUT2D eigenvalue weighted by atomic mass is 9.77. The van der Waals surface area contributed by atoms with Crippen molar-refractivity contribution < 1.29 is 0 Å². The van der Waals surface area contributed by atoms with Crippen LogP contribution in [0.15, 0.2) is 0 Å². The van der Waals surface area contributed by atoms with Crippen LogP contribution in [0.3, 0.4) is 0 Å². The van der Waals surface area contributed by atoms with E-state index in [2.05, 4.69) is 6.92 Å². The number of unbranched alkanes of at least 4 members (excludes halogenated alkanes) is 3. The molecule has 0 aromatic rings. The van der Waals surface area contributed by atoms with Crippen LogP contribution < -0.4 is 11.5 Å². The van der Waals surface area contributed by atoms with Gasteiger partial charge in [0.15, 0.2) is 0 Å². The van der Waals surface area contributed by atoms with Crippen LogP contribution in [0.5, 0.6) is 0 Å². The van der Waals surface area contributed by atoms with Crippen LogP contribution >= 0.6 is 0 Å². The average Bonchev–Trinajstić information content (AvgIpc) is 2.18.